The highest BCUT2D eigenvalue weighted by atomic mass is 35.5. The van der Waals surface area contributed by atoms with Gasteiger partial charge in [0.2, 0.25) is 5.95 Å². The van der Waals surface area contributed by atoms with E-state index in [0.717, 1.165) is 0 Å². The van der Waals surface area contributed by atoms with Crippen LogP contribution < -0.4 is 0 Å². The van der Waals surface area contributed by atoms with Crippen molar-refractivity contribution < 1.29 is 13.9 Å². The molecule has 104 valence electrons. The van der Waals surface area contributed by atoms with Crippen molar-refractivity contribution in [1.82, 2.24) is 4.98 Å². The van der Waals surface area contributed by atoms with Gasteiger partial charge in [-0.3, -0.25) is 0 Å². The fourth-order valence-corrected chi connectivity index (χ4v) is 2.66. The number of hydrogen-bond donors (Lipinski definition) is 0. The highest BCUT2D eigenvalue weighted by Gasteiger charge is 2.17. The highest BCUT2D eigenvalue weighted by molar-refractivity contribution is 6.41. The van der Waals surface area contributed by atoms with Crippen molar-refractivity contribution in [3.8, 4) is 11.1 Å². The van der Waals surface area contributed by atoms with Crippen molar-refractivity contribution in [2.75, 3.05) is 7.11 Å². The van der Waals surface area contributed by atoms with Gasteiger partial charge in [0.15, 0.2) is 5.69 Å². The number of rotatable bonds is 2. The van der Waals surface area contributed by atoms with Crippen LogP contribution in [0.25, 0.3) is 11.1 Å². The SMILES string of the molecule is COC(=O)c1ccc(-c2c(Cl)cc(Cl)cc2Cl)c(F)n1. The third-order valence-corrected chi connectivity index (χ3v) is 3.33. The number of methoxy groups -OCH3 is 1. The van der Waals surface area contributed by atoms with Crippen LogP contribution in [0.4, 0.5) is 4.39 Å². The van der Waals surface area contributed by atoms with E-state index >= 15 is 0 Å². The van der Waals surface area contributed by atoms with Crippen molar-refractivity contribution in [2.45, 2.75) is 0 Å². The molecular formula is C13H7Cl3FNO2. The van der Waals surface area contributed by atoms with Crippen LogP contribution in [0.15, 0.2) is 24.3 Å². The van der Waals surface area contributed by atoms with Gasteiger partial charge in [-0.05, 0) is 24.3 Å². The van der Waals surface area contributed by atoms with Crippen LogP contribution in [-0.4, -0.2) is 18.1 Å². The lowest BCUT2D eigenvalue weighted by molar-refractivity contribution is 0.0592. The monoisotopic (exact) mass is 333 g/mol. The third-order valence-electron chi connectivity index (χ3n) is 2.52. The highest BCUT2D eigenvalue weighted by Crippen LogP contribution is 2.38. The lowest BCUT2D eigenvalue weighted by Gasteiger charge is -2.09. The number of pyridine rings is 1. The average Bonchev–Trinajstić information content (AvgIpc) is 2.38. The summed E-state index contributed by atoms with van der Waals surface area (Å²) in [4.78, 5) is 14.8. The molecule has 3 nitrogen and oxygen atoms in total. The number of benzene rings is 1. The Hall–Kier alpha value is -1.36. The first-order valence-electron chi connectivity index (χ1n) is 5.34. The molecule has 0 unspecified atom stereocenters. The van der Waals surface area contributed by atoms with Gasteiger partial charge in [0.25, 0.3) is 0 Å². The molecule has 0 spiro atoms. The van der Waals surface area contributed by atoms with Gasteiger partial charge in [0, 0.05) is 16.1 Å². The molecule has 1 heterocycles. The molecule has 1 aromatic heterocycles. The predicted molar refractivity (Wildman–Crippen MR) is 76.0 cm³/mol. The lowest BCUT2D eigenvalue weighted by Crippen LogP contribution is -2.06. The zero-order valence-corrected chi connectivity index (χ0v) is 12.4. The van der Waals surface area contributed by atoms with E-state index in [9.17, 15) is 9.18 Å². The summed E-state index contributed by atoms with van der Waals surface area (Å²) in [6.45, 7) is 0. The fraction of sp³-hybridized carbons (Fsp3) is 0.0769. The van der Waals surface area contributed by atoms with Gasteiger partial charge in [-0.1, -0.05) is 34.8 Å². The number of esters is 1. The number of nitrogens with zero attached hydrogens (tertiary/aromatic N) is 1. The summed E-state index contributed by atoms with van der Waals surface area (Å²) in [6, 6.07) is 5.57. The zero-order chi connectivity index (χ0) is 14.9. The largest absolute Gasteiger partial charge is 0.464 e. The van der Waals surface area contributed by atoms with E-state index in [2.05, 4.69) is 9.72 Å². The number of ether oxygens (including phenoxy) is 1. The number of halogens is 4. The zero-order valence-electron chi connectivity index (χ0n) is 10.1. The van der Waals surface area contributed by atoms with Crippen LogP contribution in [0.3, 0.4) is 0 Å². The molecule has 2 aromatic rings. The van der Waals surface area contributed by atoms with Crippen molar-refractivity contribution in [1.29, 1.82) is 0 Å². The van der Waals surface area contributed by atoms with Crippen LogP contribution in [0, 0.1) is 5.95 Å². The number of aromatic nitrogens is 1. The second-order valence-corrected chi connectivity index (χ2v) is 5.02. The van der Waals surface area contributed by atoms with Gasteiger partial charge in [0.05, 0.1) is 17.2 Å². The Bertz CT molecular complexity index is 668. The summed E-state index contributed by atoms with van der Waals surface area (Å²) in [5.74, 6) is -1.61. The predicted octanol–water partition coefficient (Wildman–Crippen LogP) is 4.63. The quantitative estimate of drug-likeness (QED) is 0.593. The Kier molecular flexibility index (Phi) is 4.48. The molecular weight excluding hydrogens is 328 g/mol. The summed E-state index contributed by atoms with van der Waals surface area (Å²) in [7, 11) is 1.18. The Balaban J connectivity index is 2.57. The number of carbonyl (C=O) groups excluding carboxylic acids is 1. The molecule has 0 radical (unpaired) electrons. The van der Waals surface area contributed by atoms with Crippen LogP contribution in [0.2, 0.25) is 15.1 Å². The van der Waals surface area contributed by atoms with Gasteiger partial charge in [-0.15, -0.1) is 0 Å². The van der Waals surface area contributed by atoms with Crippen LogP contribution in [0.1, 0.15) is 10.5 Å². The minimum Gasteiger partial charge on any atom is -0.464 e. The van der Waals surface area contributed by atoms with Gasteiger partial charge in [-0.2, -0.15) is 4.39 Å². The van der Waals surface area contributed by atoms with E-state index in [1.165, 1.54) is 31.4 Å². The molecule has 0 saturated carbocycles. The van der Waals surface area contributed by atoms with Gasteiger partial charge >= 0.3 is 5.97 Å². The summed E-state index contributed by atoms with van der Waals surface area (Å²) >= 11 is 17.8. The number of carbonyl (C=O) groups is 1. The average molecular weight is 335 g/mol. The van der Waals surface area contributed by atoms with Crippen molar-refractivity contribution in [3.05, 3.63) is 51.0 Å². The Morgan fingerprint density at radius 3 is 2.30 bits per heavy atom. The van der Waals surface area contributed by atoms with Gasteiger partial charge in [-0.25, -0.2) is 9.78 Å². The van der Waals surface area contributed by atoms with E-state index in [1.807, 2.05) is 0 Å². The minimum absolute atomic E-state index is 0.0734. The first kappa shape index (κ1) is 15.0. The van der Waals surface area contributed by atoms with E-state index in [0.29, 0.717) is 5.02 Å². The van der Waals surface area contributed by atoms with Crippen molar-refractivity contribution in [3.63, 3.8) is 0 Å². The van der Waals surface area contributed by atoms with Gasteiger partial charge < -0.3 is 4.74 Å². The molecule has 0 saturated heterocycles. The van der Waals surface area contributed by atoms with Crippen LogP contribution in [0.5, 0.6) is 0 Å². The molecule has 0 atom stereocenters. The minimum atomic E-state index is -0.876. The van der Waals surface area contributed by atoms with Crippen LogP contribution >= 0.6 is 34.8 Å². The van der Waals surface area contributed by atoms with E-state index in [4.69, 9.17) is 34.8 Å². The van der Waals surface area contributed by atoms with Crippen molar-refractivity contribution >= 4 is 40.8 Å². The Labute approximate surface area is 129 Å². The molecule has 7 heteroatoms. The second kappa shape index (κ2) is 5.95. The molecule has 0 aliphatic rings. The third kappa shape index (κ3) is 2.87. The topological polar surface area (TPSA) is 39.2 Å². The smallest absolute Gasteiger partial charge is 0.356 e. The van der Waals surface area contributed by atoms with Crippen LogP contribution in [-0.2, 0) is 4.74 Å². The Morgan fingerprint density at radius 2 is 1.80 bits per heavy atom. The first-order chi connectivity index (χ1) is 9.43. The maximum absolute atomic E-state index is 14.0. The number of hydrogen-bond acceptors (Lipinski definition) is 3. The van der Waals surface area contributed by atoms with E-state index < -0.39 is 11.9 Å². The summed E-state index contributed by atoms with van der Waals surface area (Å²) in [5, 5.41) is 0.714. The first-order valence-corrected chi connectivity index (χ1v) is 6.47. The fourth-order valence-electron chi connectivity index (χ4n) is 1.64. The molecule has 0 N–H and O–H groups in total. The normalized spacial score (nSPS) is 10.4. The van der Waals surface area contributed by atoms with E-state index in [1.54, 1.807) is 0 Å². The molecule has 0 aliphatic carbocycles. The lowest BCUT2D eigenvalue weighted by atomic mass is 10.1. The molecule has 0 aliphatic heterocycles. The standard InChI is InChI=1S/C13H7Cl3FNO2/c1-20-13(19)10-3-2-7(12(17)18-10)11-8(15)4-6(14)5-9(11)16/h2-5H,1H3. The Morgan fingerprint density at radius 1 is 1.20 bits per heavy atom. The van der Waals surface area contributed by atoms with Gasteiger partial charge in [0.1, 0.15) is 0 Å². The summed E-state index contributed by atoms with van der Waals surface area (Å²) < 4.78 is 18.5. The van der Waals surface area contributed by atoms with E-state index in [-0.39, 0.29) is 26.9 Å². The summed E-state index contributed by atoms with van der Waals surface area (Å²) in [5.41, 5.74) is 0.193. The molecule has 0 fully saturated rings. The maximum Gasteiger partial charge on any atom is 0.356 e. The maximum atomic E-state index is 14.0. The molecule has 0 amide bonds. The summed E-state index contributed by atoms with van der Waals surface area (Å²) in [6.07, 6.45) is 0. The molecule has 2 rings (SSSR count). The molecule has 1 aromatic carbocycles. The van der Waals surface area contributed by atoms with Crippen molar-refractivity contribution in [2.24, 2.45) is 0 Å². The molecule has 0 bridgehead atoms. The second-order valence-electron chi connectivity index (χ2n) is 3.77. The molecule has 20 heavy (non-hydrogen) atoms.